The van der Waals surface area contributed by atoms with Crippen molar-refractivity contribution in [2.24, 2.45) is 17.8 Å². The van der Waals surface area contributed by atoms with E-state index in [4.69, 9.17) is 9.84 Å². The number of carboxylic acids is 2. The zero-order chi connectivity index (χ0) is 16.4. The van der Waals surface area contributed by atoms with E-state index in [2.05, 4.69) is 0 Å². The van der Waals surface area contributed by atoms with Crippen LogP contribution in [0.4, 0.5) is 0 Å². The van der Waals surface area contributed by atoms with E-state index in [1.807, 2.05) is 6.92 Å². The van der Waals surface area contributed by atoms with Crippen molar-refractivity contribution in [1.82, 2.24) is 0 Å². The smallest absolute Gasteiger partial charge is 0.308 e. The third-order valence-electron chi connectivity index (χ3n) is 3.55. The Labute approximate surface area is 125 Å². The van der Waals surface area contributed by atoms with Crippen molar-refractivity contribution in [3.63, 3.8) is 0 Å². The first-order valence-corrected chi connectivity index (χ1v) is 7.45. The van der Waals surface area contributed by atoms with Gasteiger partial charge in [-0.15, -0.1) is 0 Å². The second-order valence-electron chi connectivity index (χ2n) is 5.37. The molecule has 0 aromatic carbocycles. The molecule has 2 N–H and O–H groups in total. The van der Waals surface area contributed by atoms with E-state index < -0.39 is 29.7 Å². The number of esters is 1. The molecule has 0 saturated heterocycles. The van der Waals surface area contributed by atoms with Crippen LogP contribution in [-0.4, -0.2) is 34.7 Å². The highest BCUT2D eigenvalue weighted by atomic mass is 16.5. The van der Waals surface area contributed by atoms with Crippen LogP contribution in [0.5, 0.6) is 0 Å². The molecule has 0 radical (unpaired) electrons. The number of aliphatic carboxylic acids is 2. The normalized spacial score (nSPS) is 15.0. The molecule has 0 fully saturated rings. The SMILES string of the molecule is CCCCOC(=O)C(CC)CC(CC(C)C(=O)O)C(=O)O. The van der Waals surface area contributed by atoms with E-state index in [0.717, 1.165) is 12.8 Å². The molecular formula is C15H26O6. The van der Waals surface area contributed by atoms with Gasteiger partial charge in [-0.1, -0.05) is 27.2 Å². The van der Waals surface area contributed by atoms with Gasteiger partial charge >= 0.3 is 17.9 Å². The summed E-state index contributed by atoms with van der Waals surface area (Å²) in [6.07, 6.45) is 2.31. The molecular weight excluding hydrogens is 276 g/mol. The second-order valence-corrected chi connectivity index (χ2v) is 5.37. The molecule has 0 amide bonds. The Balaban J connectivity index is 4.60. The van der Waals surface area contributed by atoms with E-state index in [1.165, 1.54) is 6.92 Å². The lowest BCUT2D eigenvalue weighted by Gasteiger charge is -2.20. The van der Waals surface area contributed by atoms with Crippen molar-refractivity contribution in [2.45, 2.75) is 52.9 Å². The lowest BCUT2D eigenvalue weighted by atomic mass is 9.86. The minimum Gasteiger partial charge on any atom is -0.481 e. The summed E-state index contributed by atoms with van der Waals surface area (Å²) in [6.45, 7) is 5.60. The van der Waals surface area contributed by atoms with Crippen molar-refractivity contribution in [3.05, 3.63) is 0 Å². The van der Waals surface area contributed by atoms with E-state index in [-0.39, 0.29) is 18.8 Å². The number of carbonyl (C=O) groups excluding carboxylic acids is 1. The maximum Gasteiger partial charge on any atom is 0.308 e. The third-order valence-corrected chi connectivity index (χ3v) is 3.55. The van der Waals surface area contributed by atoms with Crippen LogP contribution < -0.4 is 0 Å². The fourth-order valence-electron chi connectivity index (χ4n) is 2.03. The molecule has 0 rings (SSSR count). The molecule has 0 saturated carbocycles. The number of hydrogen-bond acceptors (Lipinski definition) is 4. The zero-order valence-electron chi connectivity index (χ0n) is 13.0. The van der Waals surface area contributed by atoms with Gasteiger partial charge in [0.25, 0.3) is 0 Å². The van der Waals surface area contributed by atoms with Crippen molar-refractivity contribution < 1.29 is 29.3 Å². The Morgan fingerprint density at radius 2 is 1.62 bits per heavy atom. The number of carbonyl (C=O) groups is 3. The molecule has 0 aliphatic heterocycles. The number of unbranched alkanes of at least 4 members (excludes halogenated alkanes) is 1. The molecule has 0 spiro atoms. The average Bonchev–Trinajstić information content (AvgIpc) is 2.42. The summed E-state index contributed by atoms with van der Waals surface area (Å²) in [5.74, 6) is -4.58. The maximum atomic E-state index is 11.9. The zero-order valence-corrected chi connectivity index (χ0v) is 13.0. The highest BCUT2D eigenvalue weighted by molar-refractivity contribution is 5.76. The Morgan fingerprint density at radius 1 is 1.00 bits per heavy atom. The van der Waals surface area contributed by atoms with Crippen LogP contribution in [-0.2, 0) is 19.1 Å². The second kappa shape index (κ2) is 10.2. The van der Waals surface area contributed by atoms with E-state index in [0.29, 0.717) is 13.0 Å². The quantitative estimate of drug-likeness (QED) is 0.449. The van der Waals surface area contributed by atoms with Gasteiger partial charge in [0.15, 0.2) is 0 Å². The van der Waals surface area contributed by atoms with E-state index in [1.54, 1.807) is 6.92 Å². The van der Waals surface area contributed by atoms with Gasteiger partial charge in [0.2, 0.25) is 0 Å². The fourth-order valence-corrected chi connectivity index (χ4v) is 2.03. The predicted octanol–water partition coefficient (Wildman–Crippen LogP) is 2.56. The van der Waals surface area contributed by atoms with Crippen LogP contribution in [0.1, 0.15) is 52.9 Å². The molecule has 0 aromatic heterocycles. The highest BCUT2D eigenvalue weighted by Gasteiger charge is 2.29. The molecule has 6 nitrogen and oxygen atoms in total. The maximum absolute atomic E-state index is 11.9. The first-order chi connectivity index (χ1) is 9.83. The molecule has 6 heteroatoms. The van der Waals surface area contributed by atoms with E-state index in [9.17, 15) is 19.5 Å². The average molecular weight is 302 g/mol. The van der Waals surface area contributed by atoms with Crippen LogP contribution in [0.15, 0.2) is 0 Å². The molecule has 21 heavy (non-hydrogen) atoms. The van der Waals surface area contributed by atoms with Crippen molar-refractivity contribution in [3.8, 4) is 0 Å². The molecule has 0 heterocycles. The van der Waals surface area contributed by atoms with Crippen LogP contribution in [0.2, 0.25) is 0 Å². The van der Waals surface area contributed by atoms with Gasteiger partial charge in [-0.2, -0.15) is 0 Å². The Bertz CT molecular complexity index is 352. The summed E-state index contributed by atoms with van der Waals surface area (Å²) in [5.41, 5.74) is 0. The lowest BCUT2D eigenvalue weighted by molar-refractivity contribution is -0.151. The summed E-state index contributed by atoms with van der Waals surface area (Å²) >= 11 is 0. The van der Waals surface area contributed by atoms with Crippen LogP contribution in [0, 0.1) is 17.8 Å². The van der Waals surface area contributed by atoms with E-state index >= 15 is 0 Å². The van der Waals surface area contributed by atoms with Crippen LogP contribution in [0.3, 0.4) is 0 Å². The summed E-state index contributed by atoms with van der Waals surface area (Å²) in [5, 5.41) is 18.1. The Kier molecular flexibility index (Phi) is 9.41. The molecule has 0 bridgehead atoms. The number of hydrogen-bond donors (Lipinski definition) is 2. The molecule has 3 unspecified atom stereocenters. The van der Waals surface area contributed by atoms with Gasteiger partial charge in [0.1, 0.15) is 0 Å². The minimum atomic E-state index is -1.07. The number of ether oxygens (including phenoxy) is 1. The molecule has 0 aliphatic carbocycles. The van der Waals surface area contributed by atoms with Crippen molar-refractivity contribution >= 4 is 17.9 Å². The lowest BCUT2D eigenvalue weighted by Crippen LogP contribution is -2.27. The van der Waals surface area contributed by atoms with Gasteiger partial charge in [0.05, 0.1) is 24.4 Å². The van der Waals surface area contributed by atoms with Crippen LogP contribution >= 0.6 is 0 Å². The third kappa shape index (κ3) is 7.68. The van der Waals surface area contributed by atoms with Gasteiger partial charge < -0.3 is 14.9 Å². The Hall–Kier alpha value is -1.59. The summed E-state index contributed by atoms with van der Waals surface area (Å²) in [6, 6.07) is 0. The standard InChI is InChI=1S/C15H26O6/c1-4-6-7-21-15(20)11(5-2)9-12(14(18)19)8-10(3)13(16)17/h10-12H,4-9H2,1-3H3,(H,16,17)(H,18,19). The van der Waals surface area contributed by atoms with Gasteiger partial charge in [0, 0.05) is 0 Å². The predicted molar refractivity (Wildman–Crippen MR) is 76.8 cm³/mol. The van der Waals surface area contributed by atoms with Crippen molar-refractivity contribution in [1.29, 1.82) is 0 Å². The van der Waals surface area contributed by atoms with Gasteiger partial charge in [-0.25, -0.2) is 0 Å². The summed E-state index contributed by atoms with van der Waals surface area (Å²) in [7, 11) is 0. The first-order valence-electron chi connectivity index (χ1n) is 7.45. The fraction of sp³-hybridized carbons (Fsp3) is 0.800. The number of rotatable bonds is 11. The first kappa shape index (κ1) is 19.4. The van der Waals surface area contributed by atoms with Crippen molar-refractivity contribution in [2.75, 3.05) is 6.61 Å². The van der Waals surface area contributed by atoms with Gasteiger partial charge in [-0.3, -0.25) is 14.4 Å². The van der Waals surface area contributed by atoms with Gasteiger partial charge in [-0.05, 0) is 25.7 Å². The highest BCUT2D eigenvalue weighted by Crippen LogP contribution is 2.24. The molecule has 122 valence electrons. The molecule has 3 atom stereocenters. The van der Waals surface area contributed by atoms with Crippen LogP contribution in [0.25, 0.3) is 0 Å². The topological polar surface area (TPSA) is 101 Å². The molecule has 0 aliphatic rings. The monoisotopic (exact) mass is 302 g/mol. The minimum absolute atomic E-state index is 0.0173. The number of carboxylic acid groups (broad SMARTS) is 2. The molecule has 0 aromatic rings. The summed E-state index contributed by atoms with van der Waals surface area (Å²) < 4.78 is 5.12. The Morgan fingerprint density at radius 3 is 2.05 bits per heavy atom. The summed E-state index contributed by atoms with van der Waals surface area (Å²) in [4.78, 5) is 34.0. The largest absolute Gasteiger partial charge is 0.481 e.